The van der Waals surface area contributed by atoms with Crippen LogP contribution in [0.1, 0.15) is 43.0 Å². The van der Waals surface area contributed by atoms with Gasteiger partial charge < -0.3 is 24.3 Å². The fourth-order valence-electron chi connectivity index (χ4n) is 3.33. The Labute approximate surface area is 190 Å². The summed E-state index contributed by atoms with van der Waals surface area (Å²) < 4.78 is 21.5. The number of alkyl carbamates (subject to hydrolysis) is 1. The first-order valence-electron chi connectivity index (χ1n) is 10.5. The van der Waals surface area contributed by atoms with Crippen molar-refractivity contribution in [3.63, 3.8) is 0 Å². The van der Waals surface area contributed by atoms with Gasteiger partial charge in [0.25, 0.3) is 0 Å². The molecule has 1 amide bonds. The second-order valence-electron chi connectivity index (χ2n) is 8.56. The van der Waals surface area contributed by atoms with Crippen molar-refractivity contribution >= 4 is 12.1 Å². The first-order valence-corrected chi connectivity index (χ1v) is 10.5. The van der Waals surface area contributed by atoms with Crippen LogP contribution in [0.3, 0.4) is 0 Å². The van der Waals surface area contributed by atoms with E-state index in [4.69, 9.17) is 18.9 Å². The molecule has 1 atom stereocenters. The highest BCUT2D eigenvalue weighted by molar-refractivity contribution is 5.81. The number of aryl methyl sites for hydroxylation is 2. The molecule has 32 heavy (non-hydrogen) atoms. The third-order valence-electron chi connectivity index (χ3n) is 4.84. The normalized spacial score (nSPS) is 12.0. The number of carbonyl (C=O) groups excluding carboxylic acids is 2. The number of para-hydroxylation sites is 1. The highest BCUT2D eigenvalue weighted by Crippen LogP contribution is 2.26. The van der Waals surface area contributed by atoms with Crippen LogP contribution in [0.25, 0.3) is 0 Å². The van der Waals surface area contributed by atoms with Crippen LogP contribution in [0.4, 0.5) is 4.79 Å². The van der Waals surface area contributed by atoms with Crippen molar-refractivity contribution in [2.24, 2.45) is 0 Å². The summed E-state index contributed by atoms with van der Waals surface area (Å²) in [6.45, 7) is 9.54. The summed E-state index contributed by atoms with van der Waals surface area (Å²) in [4.78, 5) is 24.5. The molecule has 174 valence electrons. The lowest BCUT2D eigenvalue weighted by Crippen LogP contribution is -2.45. The molecule has 0 saturated carbocycles. The number of benzene rings is 2. The van der Waals surface area contributed by atoms with Crippen molar-refractivity contribution in [3.05, 3.63) is 58.7 Å². The Kier molecular flexibility index (Phi) is 8.52. The lowest BCUT2D eigenvalue weighted by atomic mass is 9.96. The van der Waals surface area contributed by atoms with Crippen molar-refractivity contribution < 1.29 is 28.5 Å². The Morgan fingerprint density at radius 2 is 1.66 bits per heavy atom. The zero-order valence-electron chi connectivity index (χ0n) is 19.9. The van der Waals surface area contributed by atoms with Gasteiger partial charge in [0.2, 0.25) is 0 Å². The van der Waals surface area contributed by atoms with Crippen molar-refractivity contribution in [2.75, 3.05) is 14.2 Å². The van der Waals surface area contributed by atoms with Gasteiger partial charge in [0, 0.05) is 12.0 Å². The minimum atomic E-state index is -0.868. The number of esters is 1. The van der Waals surface area contributed by atoms with E-state index < -0.39 is 23.7 Å². The van der Waals surface area contributed by atoms with Gasteiger partial charge in [0.05, 0.1) is 14.2 Å². The minimum Gasteiger partial charge on any atom is -0.496 e. The molecule has 0 spiro atoms. The predicted molar refractivity (Wildman–Crippen MR) is 122 cm³/mol. The van der Waals surface area contributed by atoms with E-state index in [0.717, 1.165) is 28.0 Å². The van der Waals surface area contributed by atoms with Gasteiger partial charge in [-0.15, -0.1) is 0 Å². The molecule has 0 radical (unpaired) electrons. The molecule has 0 aromatic heterocycles. The van der Waals surface area contributed by atoms with Gasteiger partial charge >= 0.3 is 12.1 Å². The van der Waals surface area contributed by atoms with Crippen molar-refractivity contribution in [3.8, 4) is 11.5 Å². The Hall–Kier alpha value is -3.22. The van der Waals surface area contributed by atoms with Crippen LogP contribution in [0, 0.1) is 13.8 Å². The molecule has 0 heterocycles. The molecule has 1 N–H and O–H groups in total. The molecule has 0 saturated heterocycles. The highest BCUT2D eigenvalue weighted by Gasteiger charge is 2.26. The number of ether oxygens (including phenoxy) is 4. The van der Waals surface area contributed by atoms with Gasteiger partial charge in [0.15, 0.2) is 0 Å². The Morgan fingerprint density at radius 3 is 2.22 bits per heavy atom. The maximum absolute atomic E-state index is 12.3. The lowest BCUT2D eigenvalue weighted by molar-refractivity contribution is -0.143. The molecule has 2 aromatic carbocycles. The SMILES string of the molecule is COC(=O)C(Cc1c(C)cc(OCc2ccccc2OC)cc1C)NC(=O)OC(C)(C)C. The van der Waals surface area contributed by atoms with Gasteiger partial charge in [-0.05, 0) is 69.5 Å². The van der Waals surface area contributed by atoms with E-state index in [-0.39, 0.29) is 6.42 Å². The second kappa shape index (κ2) is 10.9. The number of amides is 1. The number of methoxy groups -OCH3 is 2. The molecular formula is C25H33NO6. The van der Waals surface area contributed by atoms with E-state index in [1.807, 2.05) is 50.2 Å². The van der Waals surface area contributed by atoms with Crippen LogP contribution in [-0.2, 0) is 27.3 Å². The minimum absolute atomic E-state index is 0.274. The Morgan fingerprint density at radius 1 is 1.03 bits per heavy atom. The second-order valence-corrected chi connectivity index (χ2v) is 8.56. The number of carbonyl (C=O) groups is 2. The maximum Gasteiger partial charge on any atom is 0.408 e. The van der Waals surface area contributed by atoms with Gasteiger partial charge in [-0.1, -0.05) is 18.2 Å². The topological polar surface area (TPSA) is 83.1 Å². The lowest BCUT2D eigenvalue weighted by Gasteiger charge is -2.23. The standard InChI is InChI=1S/C25H33NO6/c1-16-12-19(31-15-18-10-8-9-11-22(18)29-6)13-17(2)20(16)14-21(23(27)30-7)26-24(28)32-25(3,4)5/h8-13,21H,14-15H2,1-7H3,(H,26,28). The van der Waals surface area contributed by atoms with E-state index in [0.29, 0.717) is 12.4 Å². The molecule has 0 fully saturated rings. The molecule has 1 unspecified atom stereocenters. The van der Waals surface area contributed by atoms with Crippen molar-refractivity contribution in [1.29, 1.82) is 0 Å². The van der Waals surface area contributed by atoms with Gasteiger partial charge in [-0.2, -0.15) is 0 Å². The molecule has 0 bridgehead atoms. The molecule has 7 heteroatoms. The average molecular weight is 444 g/mol. The summed E-state index contributed by atoms with van der Waals surface area (Å²) >= 11 is 0. The zero-order chi connectivity index (χ0) is 23.9. The molecule has 2 aromatic rings. The van der Waals surface area contributed by atoms with Crippen molar-refractivity contribution in [2.45, 2.75) is 59.3 Å². The largest absolute Gasteiger partial charge is 0.496 e. The van der Waals surface area contributed by atoms with Crippen LogP contribution >= 0.6 is 0 Å². The maximum atomic E-state index is 12.3. The quantitative estimate of drug-likeness (QED) is 0.605. The predicted octanol–water partition coefficient (Wildman–Crippen LogP) is 4.50. The smallest absolute Gasteiger partial charge is 0.408 e. The molecule has 0 aliphatic rings. The third kappa shape index (κ3) is 7.18. The van der Waals surface area contributed by atoms with Crippen LogP contribution < -0.4 is 14.8 Å². The molecule has 0 aliphatic carbocycles. The van der Waals surface area contributed by atoms with Crippen LogP contribution in [-0.4, -0.2) is 37.9 Å². The fraction of sp³-hybridized carbons (Fsp3) is 0.440. The van der Waals surface area contributed by atoms with Gasteiger partial charge in [-0.25, -0.2) is 9.59 Å². The summed E-state index contributed by atoms with van der Waals surface area (Å²) in [6.07, 6.45) is -0.393. The summed E-state index contributed by atoms with van der Waals surface area (Å²) in [5.41, 5.74) is 3.10. The van der Waals surface area contributed by atoms with Gasteiger partial charge in [0.1, 0.15) is 29.7 Å². The number of nitrogens with one attached hydrogen (secondary N) is 1. The summed E-state index contributed by atoms with van der Waals surface area (Å²) in [5, 5.41) is 2.62. The van der Waals surface area contributed by atoms with Crippen LogP contribution in [0.15, 0.2) is 36.4 Å². The first-order chi connectivity index (χ1) is 15.0. The number of hydrogen-bond donors (Lipinski definition) is 1. The molecule has 7 nitrogen and oxygen atoms in total. The van der Waals surface area contributed by atoms with E-state index in [1.165, 1.54) is 7.11 Å². The molecule has 2 rings (SSSR count). The Bertz CT molecular complexity index is 925. The molecule has 0 aliphatic heterocycles. The molecular weight excluding hydrogens is 410 g/mol. The highest BCUT2D eigenvalue weighted by atomic mass is 16.6. The Balaban J connectivity index is 2.16. The van der Waals surface area contributed by atoms with Crippen molar-refractivity contribution in [1.82, 2.24) is 5.32 Å². The van der Waals surface area contributed by atoms with E-state index in [2.05, 4.69) is 5.32 Å². The van der Waals surface area contributed by atoms with Crippen LogP contribution in [0.2, 0.25) is 0 Å². The van der Waals surface area contributed by atoms with Gasteiger partial charge in [-0.3, -0.25) is 0 Å². The van der Waals surface area contributed by atoms with E-state index in [1.54, 1.807) is 27.9 Å². The third-order valence-corrected chi connectivity index (χ3v) is 4.84. The monoisotopic (exact) mass is 443 g/mol. The van der Waals surface area contributed by atoms with E-state index in [9.17, 15) is 9.59 Å². The van der Waals surface area contributed by atoms with E-state index >= 15 is 0 Å². The van der Waals surface area contributed by atoms with Crippen LogP contribution in [0.5, 0.6) is 11.5 Å². The first kappa shape index (κ1) is 25.0. The summed E-state index contributed by atoms with van der Waals surface area (Å²) in [5.74, 6) is 0.947. The fourth-order valence-corrected chi connectivity index (χ4v) is 3.33. The number of rotatable bonds is 8. The number of hydrogen-bond acceptors (Lipinski definition) is 6. The average Bonchev–Trinajstić information content (AvgIpc) is 2.72. The zero-order valence-corrected chi connectivity index (χ0v) is 19.9. The summed E-state index contributed by atoms with van der Waals surface area (Å²) in [7, 11) is 2.92. The summed E-state index contributed by atoms with van der Waals surface area (Å²) in [6, 6.07) is 10.7.